The molecular weight excluding hydrogens is 264 g/mol. The molecule has 0 atom stereocenters. The van der Waals surface area contributed by atoms with Crippen molar-refractivity contribution in [2.24, 2.45) is 0 Å². The third-order valence-electron chi connectivity index (χ3n) is 2.95. The Labute approximate surface area is 113 Å². The number of pyridine rings is 1. The van der Waals surface area contributed by atoms with Gasteiger partial charge in [-0.25, -0.2) is 14.5 Å². The Kier molecular flexibility index (Phi) is 3.23. The van der Waals surface area contributed by atoms with Crippen LogP contribution in [0.4, 0.5) is 5.69 Å². The van der Waals surface area contributed by atoms with Crippen LogP contribution in [0.2, 0.25) is 0 Å². The summed E-state index contributed by atoms with van der Waals surface area (Å²) in [6, 6.07) is 2.88. The molecule has 20 heavy (non-hydrogen) atoms. The average molecular weight is 276 g/mol. The zero-order chi connectivity index (χ0) is 15.0. The van der Waals surface area contributed by atoms with Crippen molar-refractivity contribution in [2.45, 2.75) is 20.8 Å². The summed E-state index contributed by atoms with van der Waals surface area (Å²) in [5, 5.41) is 24.0. The van der Waals surface area contributed by atoms with Crippen molar-refractivity contribution < 1.29 is 14.8 Å². The summed E-state index contributed by atoms with van der Waals surface area (Å²) in [6.45, 7) is 4.67. The smallest absolute Gasteiger partial charge is 0.337 e. The number of hydrogen-bond acceptors (Lipinski definition) is 5. The number of aryl methyl sites for hydroxylation is 2. The first kappa shape index (κ1) is 13.7. The molecule has 2 rings (SSSR count). The Morgan fingerprint density at radius 1 is 1.30 bits per heavy atom. The largest absolute Gasteiger partial charge is 0.478 e. The maximum absolute atomic E-state index is 11.0. The van der Waals surface area contributed by atoms with Gasteiger partial charge in [0.1, 0.15) is 11.4 Å². The molecule has 0 bridgehead atoms. The average Bonchev–Trinajstić information content (AvgIpc) is 2.64. The van der Waals surface area contributed by atoms with Gasteiger partial charge < -0.3 is 5.11 Å². The van der Waals surface area contributed by atoms with Gasteiger partial charge in [0, 0.05) is 0 Å². The second-order valence-electron chi connectivity index (χ2n) is 4.30. The number of hydrogen-bond donors (Lipinski definition) is 1. The lowest BCUT2D eigenvalue weighted by molar-refractivity contribution is -0.386. The summed E-state index contributed by atoms with van der Waals surface area (Å²) in [5.41, 5.74) is 0.985. The Morgan fingerprint density at radius 3 is 2.40 bits per heavy atom. The van der Waals surface area contributed by atoms with E-state index in [9.17, 15) is 14.9 Å². The molecule has 8 nitrogen and oxygen atoms in total. The Bertz CT molecular complexity index is 720. The summed E-state index contributed by atoms with van der Waals surface area (Å²) >= 11 is 0. The Morgan fingerprint density at radius 2 is 1.95 bits per heavy atom. The van der Waals surface area contributed by atoms with Gasteiger partial charge in [-0.05, 0) is 32.9 Å². The second kappa shape index (κ2) is 4.72. The minimum Gasteiger partial charge on any atom is -0.478 e. The van der Waals surface area contributed by atoms with Crippen molar-refractivity contribution in [1.82, 2.24) is 14.8 Å². The molecule has 8 heteroatoms. The molecule has 0 aliphatic carbocycles. The maximum Gasteiger partial charge on any atom is 0.337 e. The van der Waals surface area contributed by atoms with E-state index in [0.717, 1.165) is 0 Å². The molecular formula is C12H12N4O4. The summed E-state index contributed by atoms with van der Waals surface area (Å²) < 4.78 is 1.34. The van der Waals surface area contributed by atoms with Gasteiger partial charge in [-0.15, -0.1) is 0 Å². The summed E-state index contributed by atoms with van der Waals surface area (Å²) in [4.78, 5) is 25.5. The highest BCUT2D eigenvalue weighted by Gasteiger charge is 2.23. The van der Waals surface area contributed by atoms with Crippen LogP contribution in [0.25, 0.3) is 5.82 Å². The number of carboxylic acids is 1. The molecule has 0 unspecified atom stereocenters. The van der Waals surface area contributed by atoms with Gasteiger partial charge in [0.15, 0.2) is 5.82 Å². The van der Waals surface area contributed by atoms with Crippen molar-refractivity contribution >= 4 is 11.7 Å². The summed E-state index contributed by atoms with van der Waals surface area (Å²) in [6.07, 6.45) is 0. The van der Waals surface area contributed by atoms with Crippen LogP contribution in [0, 0.1) is 30.9 Å². The fourth-order valence-electron chi connectivity index (χ4n) is 2.01. The van der Waals surface area contributed by atoms with E-state index in [2.05, 4.69) is 10.1 Å². The monoisotopic (exact) mass is 276 g/mol. The highest BCUT2D eigenvalue weighted by Crippen LogP contribution is 2.24. The van der Waals surface area contributed by atoms with Gasteiger partial charge in [0.2, 0.25) is 0 Å². The molecule has 0 aliphatic rings. The topological polar surface area (TPSA) is 111 Å². The van der Waals surface area contributed by atoms with Crippen LogP contribution in [0.15, 0.2) is 12.1 Å². The van der Waals surface area contributed by atoms with E-state index in [-0.39, 0.29) is 16.9 Å². The number of rotatable bonds is 3. The Hall–Kier alpha value is -2.77. The molecule has 2 heterocycles. The van der Waals surface area contributed by atoms with Crippen molar-refractivity contribution in [3.05, 3.63) is 44.9 Å². The molecule has 0 fully saturated rings. The molecule has 104 valence electrons. The van der Waals surface area contributed by atoms with Crippen LogP contribution in [0.5, 0.6) is 0 Å². The molecule has 0 spiro atoms. The predicted octanol–water partition coefficient (Wildman–Crippen LogP) is 1.80. The fraction of sp³-hybridized carbons (Fsp3) is 0.250. The minimum atomic E-state index is -1.07. The van der Waals surface area contributed by atoms with Crippen molar-refractivity contribution in [3.8, 4) is 5.82 Å². The fourth-order valence-corrected chi connectivity index (χ4v) is 2.01. The quantitative estimate of drug-likeness (QED) is 0.675. The van der Waals surface area contributed by atoms with Crippen molar-refractivity contribution in [3.63, 3.8) is 0 Å². The van der Waals surface area contributed by atoms with E-state index in [1.807, 2.05) is 0 Å². The van der Waals surface area contributed by atoms with Crippen LogP contribution in [0.3, 0.4) is 0 Å². The van der Waals surface area contributed by atoms with Gasteiger partial charge in [0.25, 0.3) is 0 Å². The molecule has 2 aromatic heterocycles. The number of aromatic nitrogens is 3. The zero-order valence-corrected chi connectivity index (χ0v) is 11.1. The number of carbonyl (C=O) groups is 1. The summed E-state index contributed by atoms with van der Waals surface area (Å²) in [7, 11) is 0. The summed E-state index contributed by atoms with van der Waals surface area (Å²) in [5.74, 6) is -0.720. The zero-order valence-electron chi connectivity index (χ0n) is 11.1. The van der Waals surface area contributed by atoms with Crippen molar-refractivity contribution in [1.29, 1.82) is 0 Å². The number of nitrogens with zero attached hydrogens (tertiary/aromatic N) is 4. The number of carboxylic acid groups (broad SMARTS) is 1. The molecule has 0 aromatic carbocycles. The van der Waals surface area contributed by atoms with Crippen LogP contribution in [-0.2, 0) is 0 Å². The third-order valence-corrected chi connectivity index (χ3v) is 2.95. The molecule has 0 amide bonds. The van der Waals surface area contributed by atoms with Gasteiger partial charge in [0.05, 0.1) is 16.2 Å². The highest BCUT2D eigenvalue weighted by atomic mass is 16.6. The number of nitro groups is 1. The van der Waals surface area contributed by atoms with Gasteiger partial charge >= 0.3 is 11.7 Å². The second-order valence-corrected chi connectivity index (χ2v) is 4.30. The third kappa shape index (κ3) is 2.11. The lowest BCUT2D eigenvalue weighted by Gasteiger charge is -2.05. The normalized spacial score (nSPS) is 10.6. The SMILES string of the molecule is Cc1nc(-n2nc(C)c([N+](=O)[O-])c2C)ccc1C(=O)O. The van der Waals surface area contributed by atoms with E-state index < -0.39 is 10.9 Å². The highest BCUT2D eigenvalue weighted by molar-refractivity contribution is 5.88. The van der Waals surface area contributed by atoms with Crippen LogP contribution >= 0.6 is 0 Å². The van der Waals surface area contributed by atoms with E-state index in [0.29, 0.717) is 17.2 Å². The first-order valence-electron chi connectivity index (χ1n) is 5.75. The van der Waals surface area contributed by atoms with Gasteiger partial charge in [-0.1, -0.05) is 0 Å². The lowest BCUT2D eigenvalue weighted by Crippen LogP contribution is -2.07. The minimum absolute atomic E-state index is 0.0632. The maximum atomic E-state index is 11.0. The molecule has 2 aromatic rings. The molecule has 0 saturated carbocycles. The molecule has 0 radical (unpaired) electrons. The molecule has 1 N–H and O–H groups in total. The standard InChI is InChI=1S/C12H12N4O4/c1-6-9(12(17)18)4-5-10(13-6)15-8(3)11(16(19)20)7(2)14-15/h4-5H,1-3H3,(H,17,18). The molecule has 0 aliphatic heterocycles. The first-order valence-corrected chi connectivity index (χ1v) is 5.75. The predicted molar refractivity (Wildman–Crippen MR) is 69.2 cm³/mol. The van der Waals surface area contributed by atoms with E-state index in [4.69, 9.17) is 5.11 Å². The van der Waals surface area contributed by atoms with E-state index >= 15 is 0 Å². The van der Waals surface area contributed by atoms with Crippen LogP contribution < -0.4 is 0 Å². The Balaban J connectivity index is 2.58. The van der Waals surface area contributed by atoms with E-state index in [1.165, 1.54) is 16.8 Å². The van der Waals surface area contributed by atoms with Crippen molar-refractivity contribution in [2.75, 3.05) is 0 Å². The van der Waals surface area contributed by atoms with Crippen LogP contribution in [0.1, 0.15) is 27.4 Å². The lowest BCUT2D eigenvalue weighted by atomic mass is 10.2. The van der Waals surface area contributed by atoms with E-state index in [1.54, 1.807) is 20.8 Å². The van der Waals surface area contributed by atoms with Crippen LogP contribution in [-0.4, -0.2) is 30.8 Å². The number of aromatic carboxylic acids is 1. The van der Waals surface area contributed by atoms with Gasteiger partial charge in [-0.2, -0.15) is 5.10 Å². The van der Waals surface area contributed by atoms with Gasteiger partial charge in [-0.3, -0.25) is 10.1 Å². The first-order chi connectivity index (χ1) is 9.32. The molecule has 0 saturated heterocycles.